The van der Waals surface area contributed by atoms with E-state index in [1.54, 1.807) is 24.3 Å². The first-order valence-corrected chi connectivity index (χ1v) is 6.51. The van der Waals surface area contributed by atoms with Crippen LogP contribution in [0.15, 0.2) is 42.5 Å². The van der Waals surface area contributed by atoms with Crippen LogP contribution in [0.4, 0.5) is 14.5 Å². The van der Waals surface area contributed by atoms with Gasteiger partial charge in [0.15, 0.2) is 6.10 Å². The highest BCUT2D eigenvalue weighted by Crippen LogP contribution is 2.18. The van der Waals surface area contributed by atoms with Gasteiger partial charge >= 0.3 is 0 Å². The van der Waals surface area contributed by atoms with Crippen molar-refractivity contribution in [3.05, 3.63) is 59.1 Å². The molecule has 0 saturated heterocycles. The van der Waals surface area contributed by atoms with Crippen LogP contribution in [0.25, 0.3) is 0 Å². The van der Waals surface area contributed by atoms with Gasteiger partial charge in [-0.1, -0.05) is 11.6 Å². The van der Waals surface area contributed by atoms with Gasteiger partial charge in [-0.05, 0) is 43.3 Å². The summed E-state index contributed by atoms with van der Waals surface area (Å²) in [7, 11) is 0. The molecule has 0 aliphatic carbocycles. The van der Waals surface area contributed by atoms with Gasteiger partial charge in [0.1, 0.15) is 17.4 Å². The molecule has 0 unspecified atom stereocenters. The standard InChI is InChI=1S/C15H12ClF2NO2/c1-9(21-12-5-2-10(16)3-6-12)15(20)19-14-7-4-11(17)8-13(14)18/h2-9H,1H3,(H,19,20)/t9-/m0/s1. The maximum atomic E-state index is 13.4. The van der Waals surface area contributed by atoms with Crippen molar-refractivity contribution in [2.45, 2.75) is 13.0 Å². The summed E-state index contributed by atoms with van der Waals surface area (Å²) in [6, 6.07) is 9.39. The van der Waals surface area contributed by atoms with Crippen LogP contribution in [-0.4, -0.2) is 12.0 Å². The number of hydrogen-bond acceptors (Lipinski definition) is 2. The molecule has 1 N–H and O–H groups in total. The first kappa shape index (κ1) is 15.3. The number of carbonyl (C=O) groups excluding carboxylic acids is 1. The molecule has 2 aromatic rings. The zero-order chi connectivity index (χ0) is 15.4. The van der Waals surface area contributed by atoms with E-state index in [9.17, 15) is 13.6 Å². The van der Waals surface area contributed by atoms with Crippen LogP contribution in [0.2, 0.25) is 5.02 Å². The average molecular weight is 312 g/mol. The first-order chi connectivity index (χ1) is 9.95. The Hall–Kier alpha value is -2.14. The lowest BCUT2D eigenvalue weighted by molar-refractivity contribution is -0.122. The molecule has 0 aliphatic rings. The van der Waals surface area contributed by atoms with Gasteiger partial charge < -0.3 is 10.1 Å². The van der Waals surface area contributed by atoms with E-state index in [2.05, 4.69) is 5.32 Å². The molecule has 1 atom stereocenters. The zero-order valence-electron chi connectivity index (χ0n) is 11.1. The number of hydrogen-bond donors (Lipinski definition) is 1. The molecule has 0 bridgehead atoms. The summed E-state index contributed by atoms with van der Waals surface area (Å²) in [5.74, 6) is -1.64. The summed E-state index contributed by atoms with van der Waals surface area (Å²) in [4.78, 5) is 11.9. The molecule has 0 fully saturated rings. The van der Waals surface area contributed by atoms with Crippen LogP contribution in [-0.2, 0) is 4.79 Å². The predicted molar refractivity (Wildman–Crippen MR) is 76.5 cm³/mol. The van der Waals surface area contributed by atoms with Gasteiger partial charge in [-0.25, -0.2) is 8.78 Å². The van der Waals surface area contributed by atoms with Gasteiger partial charge in [0.05, 0.1) is 5.69 Å². The lowest BCUT2D eigenvalue weighted by atomic mass is 10.2. The lowest BCUT2D eigenvalue weighted by Gasteiger charge is -2.15. The van der Waals surface area contributed by atoms with Gasteiger partial charge in [-0.15, -0.1) is 0 Å². The Balaban J connectivity index is 2.00. The Morgan fingerprint density at radius 3 is 2.48 bits per heavy atom. The van der Waals surface area contributed by atoms with Gasteiger partial charge in [-0.2, -0.15) is 0 Å². The molecule has 0 spiro atoms. The Bertz CT molecular complexity index is 647. The molecule has 0 aromatic heterocycles. The van der Waals surface area contributed by atoms with Gasteiger partial charge in [-0.3, -0.25) is 4.79 Å². The minimum atomic E-state index is -0.851. The van der Waals surface area contributed by atoms with Crippen molar-refractivity contribution in [3.63, 3.8) is 0 Å². The number of benzene rings is 2. The number of carbonyl (C=O) groups is 1. The van der Waals surface area contributed by atoms with E-state index in [-0.39, 0.29) is 5.69 Å². The summed E-state index contributed by atoms with van der Waals surface area (Å²) < 4.78 is 31.6. The number of rotatable bonds is 4. The van der Waals surface area contributed by atoms with E-state index >= 15 is 0 Å². The molecule has 3 nitrogen and oxygen atoms in total. The molecule has 1 amide bonds. The SMILES string of the molecule is C[C@H](Oc1ccc(Cl)cc1)C(=O)Nc1ccc(F)cc1F. The molecule has 0 aliphatic heterocycles. The average Bonchev–Trinajstić information content (AvgIpc) is 2.44. The number of amides is 1. The van der Waals surface area contributed by atoms with E-state index in [1.807, 2.05) is 0 Å². The molecule has 110 valence electrons. The van der Waals surface area contributed by atoms with E-state index < -0.39 is 23.6 Å². The second kappa shape index (κ2) is 6.54. The smallest absolute Gasteiger partial charge is 0.265 e. The minimum absolute atomic E-state index is 0.104. The van der Waals surface area contributed by atoms with E-state index in [1.165, 1.54) is 6.92 Å². The summed E-state index contributed by atoms with van der Waals surface area (Å²) in [6.07, 6.45) is -0.851. The number of anilines is 1. The van der Waals surface area contributed by atoms with Crippen LogP contribution in [0.5, 0.6) is 5.75 Å². The van der Waals surface area contributed by atoms with Crippen molar-refractivity contribution < 1.29 is 18.3 Å². The van der Waals surface area contributed by atoms with E-state index in [0.29, 0.717) is 16.8 Å². The Morgan fingerprint density at radius 1 is 1.19 bits per heavy atom. The Labute approximate surface area is 125 Å². The fourth-order valence-electron chi connectivity index (χ4n) is 1.60. The van der Waals surface area contributed by atoms with E-state index in [0.717, 1.165) is 12.1 Å². The highest BCUT2D eigenvalue weighted by atomic mass is 35.5. The lowest BCUT2D eigenvalue weighted by Crippen LogP contribution is -2.30. The van der Waals surface area contributed by atoms with Crippen molar-refractivity contribution in [1.29, 1.82) is 0 Å². The summed E-state index contributed by atoms with van der Waals surface area (Å²) in [5.41, 5.74) is -0.104. The number of halogens is 3. The normalized spacial score (nSPS) is 11.8. The fourth-order valence-corrected chi connectivity index (χ4v) is 1.72. The second-order valence-corrected chi connectivity index (χ2v) is 4.76. The van der Waals surface area contributed by atoms with Crippen molar-refractivity contribution in [3.8, 4) is 5.75 Å². The largest absolute Gasteiger partial charge is 0.481 e. The molecule has 0 radical (unpaired) electrons. The molecule has 21 heavy (non-hydrogen) atoms. The maximum absolute atomic E-state index is 13.4. The van der Waals surface area contributed by atoms with Crippen LogP contribution in [0.1, 0.15) is 6.92 Å². The fraction of sp³-hybridized carbons (Fsp3) is 0.133. The van der Waals surface area contributed by atoms with Crippen molar-refractivity contribution in [1.82, 2.24) is 0 Å². The van der Waals surface area contributed by atoms with Crippen molar-refractivity contribution >= 4 is 23.2 Å². The third kappa shape index (κ3) is 4.16. The summed E-state index contributed by atoms with van der Waals surface area (Å²) >= 11 is 5.74. The van der Waals surface area contributed by atoms with Crippen molar-refractivity contribution in [2.24, 2.45) is 0 Å². The quantitative estimate of drug-likeness (QED) is 0.926. The molecule has 2 rings (SSSR count). The summed E-state index contributed by atoms with van der Waals surface area (Å²) in [6.45, 7) is 1.52. The molecule has 0 heterocycles. The third-order valence-electron chi connectivity index (χ3n) is 2.68. The third-order valence-corrected chi connectivity index (χ3v) is 2.94. The maximum Gasteiger partial charge on any atom is 0.265 e. The van der Waals surface area contributed by atoms with Gasteiger partial charge in [0.25, 0.3) is 5.91 Å². The molecule has 0 saturated carbocycles. The Kier molecular flexibility index (Phi) is 4.75. The second-order valence-electron chi connectivity index (χ2n) is 4.33. The van der Waals surface area contributed by atoms with Crippen LogP contribution >= 0.6 is 11.6 Å². The zero-order valence-corrected chi connectivity index (χ0v) is 11.8. The van der Waals surface area contributed by atoms with E-state index in [4.69, 9.17) is 16.3 Å². The monoisotopic (exact) mass is 311 g/mol. The first-order valence-electron chi connectivity index (χ1n) is 6.14. The Morgan fingerprint density at radius 2 is 1.86 bits per heavy atom. The van der Waals surface area contributed by atoms with Crippen LogP contribution in [0, 0.1) is 11.6 Å². The van der Waals surface area contributed by atoms with Gasteiger partial charge in [0, 0.05) is 11.1 Å². The highest BCUT2D eigenvalue weighted by Gasteiger charge is 2.16. The van der Waals surface area contributed by atoms with Crippen LogP contribution < -0.4 is 10.1 Å². The van der Waals surface area contributed by atoms with Crippen LogP contribution in [0.3, 0.4) is 0 Å². The highest BCUT2D eigenvalue weighted by molar-refractivity contribution is 6.30. The summed E-state index contributed by atoms with van der Waals surface area (Å²) in [5, 5.41) is 2.89. The number of ether oxygens (including phenoxy) is 1. The van der Waals surface area contributed by atoms with Gasteiger partial charge in [0.2, 0.25) is 0 Å². The topological polar surface area (TPSA) is 38.3 Å². The predicted octanol–water partition coefficient (Wildman–Crippen LogP) is 4.02. The number of nitrogens with one attached hydrogen (secondary N) is 1. The minimum Gasteiger partial charge on any atom is -0.481 e. The van der Waals surface area contributed by atoms with Crippen molar-refractivity contribution in [2.75, 3.05) is 5.32 Å². The molecule has 6 heteroatoms. The molecular formula is C15H12ClF2NO2. The molecular weight excluding hydrogens is 300 g/mol. The molecule has 2 aromatic carbocycles.